The molecule has 2 aromatic heterocycles. The van der Waals surface area contributed by atoms with Crippen molar-refractivity contribution >= 4 is 52.6 Å². The molecule has 3 heterocycles. The monoisotopic (exact) mass is 534 g/mol. The lowest BCUT2D eigenvalue weighted by molar-refractivity contribution is 0.0658. The number of nitrogens with zero attached hydrogens (tertiary/aromatic N) is 4. The fourth-order valence-corrected chi connectivity index (χ4v) is 3.54. The number of amides is 1. The van der Waals surface area contributed by atoms with Gasteiger partial charge in [-0.1, -0.05) is 18.2 Å². The van der Waals surface area contributed by atoms with Crippen molar-refractivity contribution in [2.45, 2.75) is 0 Å². The molecule has 1 amide bonds. The number of furan rings is 1. The van der Waals surface area contributed by atoms with Crippen LogP contribution >= 0.6 is 24.0 Å². The number of guanidine groups is 1. The number of anilines is 1. The van der Waals surface area contributed by atoms with Crippen molar-refractivity contribution in [3.8, 4) is 0 Å². The van der Waals surface area contributed by atoms with Crippen LogP contribution in [0.3, 0.4) is 0 Å². The molecule has 0 radical (unpaired) electrons. The van der Waals surface area contributed by atoms with Crippen molar-refractivity contribution in [2.75, 3.05) is 51.6 Å². The number of nitrogens with one attached hydrogen (secondary N) is 2. The summed E-state index contributed by atoms with van der Waals surface area (Å²) >= 11 is 0. The number of hydrogen-bond acceptors (Lipinski definition) is 5. The van der Waals surface area contributed by atoms with Gasteiger partial charge in [-0.25, -0.2) is 4.98 Å². The number of carbonyl (C=O) groups excluding carboxylic acids is 1. The van der Waals surface area contributed by atoms with Gasteiger partial charge in [-0.3, -0.25) is 9.79 Å². The van der Waals surface area contributed by atoms with Crippen LogP contribution in [0.15, 0.2) is 64.2 Å². The van der Waals surface area contributed by atoms with Crippen molar-refractivity contribution in [1.29, 1.82) is 0 Å². The van der Waals surface area contributed by atoms with Crippen LogP contribution in [0.25, 0.3) is 10.9 Å². The molecular formula is C22H27IN6O2. The molecule has 4 rings (SSSR count). The Morgan fingerprint density at radius 1 is 1.03 bits per heavy atom. The molecule has 1 aromatic carbocycles. The highest BCUT2D eigenvalue weighted by molar-refractivity contribution is 14.0. The molecule has 0 saturated carbocycles. The van der Waals surface area contributed by atoms with Gasteiger partial charge < -0.3 is 24.9 Å². The number of carbonyl (C=O) groups is 1. The first-order chi connectivity index (χ1) is 14.7. The summed E-state index contributed by atoms with van der Waals surface area (Å²) in [4.78, 5) is 25.4. The Bertz CT molecular complexity index is 1020. The van der Waals surface area contributed by atoms with Gasteiger partial charge in [0, 0.05) is 51.7 Å². The molecule has 9 heteroatoms. The molecule has 1 fully saturated rings. The molecule has 0 bridgehead atoms. The highest BCUT2D eigenvalue weighted by Gasteiger charge is 2.24. The summed E-state index contributed by atoms with van der Waals surface area (Å²) in [7, 11) is 1.78. The fourth-order valence-electron chi connectivity index (χ4n) is 3.54. The average molecular weight is 534 g/mol. The van der Waals surface area contributed by atoms with Crippen LogP contribution in [0, 0.1) is 0 Å². The third kappa shape index (κ3) is 5.66. The van der Waals surface area contributed by atoms with Crippen LogP contribution in [0.5, 0.6) is 0 Å². The minimum Gasteiger partial charge on any atom is -0.459 e. The van der Waals surface area contributed by atoms with Gasteiger partial charge in [0.1, 0.15) is 5.82 Å². The van der Waals surface area contributed by atoms with Gasteiger partial charge in [0.25, 0.3) is 5.91 Å². The minimum atomic E-state index is -0.0605. The molecular weight excluding hydrogens is 507 g/mol. The zero-order chi connectivity index (χ0) is 20.8. The third-order valence-corrected chi connectivity index (χ3v) is 5.12. The number of halogens is 1. The summed E-state index contributed by atoms with van der Waals surface area (Å²) in [5, 5.41) is 7.86. The zero-order valence-corrected chi connectivity index (χ0v) is 19.8. The normalized spacial score (nSPS) is 14.3. The smallest absolute Gasteiger partial charge is 0.289 e. The highest BCUT2D eigenvalue weighted by atomic mass is 127. The maximum Gasteiger partial charge on any atom is 0.289 e. The maximum absolute atomic E-state index is 12.4. The summed E-state index contributed by atoms with van der Waals surface area (Å²) in [6, 6.07) is 15.6. The van der Waals surface area contributed by atoms with Crippen molar-refractivity contribution in [3.63, 3.8) is 0 Å². The van der Waals surface area contributed by atoms with E-state index in [1.54, 1.807) is 19.2 Å². The molecule has 1 aliphatic rings. The summed E-state index contributed by atoms with van der Waals surface area (Å²) in [5.41, 5.74) is 0.980. The molecule has 164 valence electrons. The number of benzene rings is 1. The van der Waals surface area contributed by atoms with E-state index in [4.69, 9.17) is 4.42 Å². The second-order valence-corrected chi connectivity index (χ2v) is 7.05. The minimum absolute atomic E-state index is 0. The Hall–Kier alpha value is -2.82. The van der Waals surface area contributed by atoms with Gasteiger partial charge in [0.2, 0.25) is 0 Å². The predicted molar refractivity (Wildman–Crippen MR) is 133 cm³/mol. The Kier molecular flexibility index (Phi) is 8.10. The Labute approximate surface area is 198 Å². The number of pyridine rings is 1. The first-order valence-electron chi connectivity index (χ1n) is 10.1. The van der Waals surface area contributed by atoms with E-state index in [2.05, 4.69) is 37.6 Å². The summed E-state index contributed by atoms with van der Waals surface area (Å²) in [5.74, 6) is 2.03. The summed E-state index contributed by atoms with van der Waals surface area (Å²) in [6.07, 6.45) is 1.52. The number of piperazine rings is 1. The molecule has 8 nitrogen and oxygen atoms in total. The lowest BCUT2D eigenvalue weighted by Gasteiger charge is -2.36. The first kappa shape index (κ1) is 22.9. The number of hydrogen-bond donors (Lipinski definition) is 2. The van der Waals surface area contributed by atoms with Crippen LogP contribution < -0.4 is 10.6 Å². The second kappa shape index (κ2) is 11.0. The number of fused-ring (bicyclic) bond motifs is 1. The van der Waals surface area contributed by atoms with Gasteiger partial charge >= 0.3 is 0 Å². The van der Waals surface area contributed by atoms with E-state index >= 15 is 0 Å². The molecule has 0 spiro atoms. The van der Waals surface area contributed by atoms with E-state index in [9.17, 15) is 4.79 Å². The fraction of sp³-hybridized carbons (Fsp3) is 0.318. The molecule has 31 heavy (non-hydrogen) atoms. The molecule has 0 atom stereocenters. The van der Waals surface area contributed by atoms with Gasteiger partial charge in [-0.2, -0.15) is 0 Å². The van der Waals surface area contributed by atoms with E-state index in [0.29, 0.717) is 25.4 Å². The van der Waals surface area contributed by atoms with E-state index < -0.39 is 0 Å². The quantitative estimate of drug-likeness (QED) is 0.227. The number of rotatable bonds is 5. The predicted octanol–water partition coefficient (Wildman–Crippen LogP) is 2.89. The summed E-state index contributed by atoms with van der Waals surface area (Å²) < 4.78 is 5.22. The van der Waals surface area contributed by atoms with Gasteiger partial charge in [0.05, 0.1) is 11.8 Å². The number of aromatic nitrogens is 1. The molecule has 3 aromatic rings. The average Bonchev–Trinajstić information content (AvgIpc) is 3.34. The lowest BCUT2D eigenvalue weighted by Crippen LogP contribution is -2.54. The molecule has 2 N–H and O–H groups in total. The second-order valence-electron chi connectivity index (χ2n) is 7.05. The van der Waals surface area contributed by atoms with Gasteiger partial charge in [0.15, 0.2) is 11.7 Å². The number of aliphatic imine (C=N–C) groups is 1. The van der Waals surface area contributed by atoms with Crippen molar-refractivity contribution in [1.82, 2.24) is 20.1 Å². The zero-order valence-electron chi connectivity index (χ0n) is 17.5. The lowest BCUT2D eigenvalue weighted by atomic mass is 10.2. The van der Waals surface area contributed by atoms with Crippen LogP contribution in [0.4, 0.5) is 5.82 Å². The van der Waals surface area contributed by atoms with Crippen LogP contribution in [-0.4, -0.2) is 73.0 Å². The van der Waals surface area contributed by atoms with E-state index in [0.717, 1.165) is 42.3 Å². The van der Waals surface area contributed by atoms with E-state index in [-0.39, 0.29) is 29.9 Å². The molecule has 0 aliphatic carbocycles. The Balaban J connectivity index is 0.00000272. The Morgan fingerprint density at radius 3 is 2.55 bits per heavy atom. The topological polar surface area (TPSA) is 86.0 Å². The van der Waals surface area contributed by atoms with Crippen LogP contribution in [-0.2, 0) is 0 Å². The largest absolute Gasteiger partial charge is 0.459 e. The van der Waals surface area contributed by atoms with Crippen LogP contribution in [0.2, 0.25) is 0 Å². The third-order valence-electron chi connectivity index (χ3n) is 5.12. The first-order valence-corrected chi connectivity index (χ1v) is 10.1. The van der Waals surface area contributed by atoms with Gasteiger partial charge in [-0.15, -0.1) is 24.0 Å². The van der Waals surface area contributed by atoms with Gasteiger partial charge in [-0.05, 0) is 30.3 Å². The summed E-state index contributed by atoms with van der Waals surface area (Å²) in [6.45, 7) is 4.17. The molecule has 1 saturated heterocycles. The number of para-hydroxylation sites is 1. The van der Waals surface area contributed by atoms with Crippen molar-refractivity contribution in [3.05, 3.63) is 60.6 Å². The van der Waals surface area contributed by atoms with Crippen molar-refractivity contribution < 1.29 is 9.21 Å². The maximum atomic E-state index is 12.4. The van der Waals surface area contributed by atoms with Crippen LogP contribution in [0.1, 0.15) is 10.6 Å². The standard InChI is InChI=1S/C22H26N6O2.HI/c1-23-22(28-14-12-27(13-15-28)21(29)19-7-4-16-30-19)25-11-10-24-20-9-8-17-5-2-3-6-18(17)26-20;/h2-9,16H,10-15H2,1H3,(H,23,25)(H,24,26);1H. The van der Waals surface area contributed by atoms with E-state index in [1.807, 2.05) is 29.2 Å². The highest BCUT2D eigenvalue weighted by Crippen LogP contribution is 2.14. The SMILES string of the molecule is CN=C(NCCNc1ccc2ccccc2n1)N1CCN(C(=O)c2ccco2)CC1.I. The molecule has 0 unspecified atom stereocenters. The van der Waals surface area contributed by atoms with Crippen molar-refractivity contribution in [2.24, 2.45) is 4.99 Å². The molecule has 1 aliphatic heterocycles. The Morgan fingerprint density at radius 2 is 1.81 bits per heavy atom. The van der Waals surface area contributed by atoms with E-state index in [1.165, 1.54) is 6.26 Å².